The minimum atomic E-state index is 0.625. The number of methoxy groups -OCH3 is 1. The van der Waals surface area contributed by atoms with Gasteiger partial charge in [-0.25, -0.2) is 9.97 Å². The highest BCUT2D eigenvalue weighted by Gasteiger charge is 2.29. The molecule has 1 aliphatic carbocycles. The van der Waals surface area contributed by atoms with Crippen LogP contribution >= 0.6 is 15.9 Å². The Morgan fingerprint density at radius 1 is 1.53 bits per heavy atom. The van der Waals surface area contributed by atoms with E-state index in [1.807, 2.05) is 6.07 Å². The largest absolute Gasteiger partial charge is 0.481 e. The smallest absolute Gasteiger partial charge is 0.218 e. The Morgan fingerprint density at radius 3 is 2.93 bits per heavy atom. The molecule has 0 atom stereocenters. The average Bonchev–Trinajstić information content (AvgIpc) is 3.10. The molecule has 0 aromatic carbocycles. The van der Waals surface area contributed by atoms with Crippen molar-refractivity contribution < 1.29 is 4.74 Å². The van der Waals surface area contributed by atoms with Gasteiger partial charge in [-0.15, -0.1) is 0 Å². The fraction of sp³-hybridized carbons (Fsp3) is 0.600. The van der Waals surface area contributed by atoms with Crippen molar-refractivity contribution in [1.29, 1.82) is 0 Å². The zero-order valence-corrected chi connectivity index (χ0v) is 10.3. The third-order valence-electron chi connectivity index (χ3n) is 2.44. The molecule has 1 aromatic rings. The van der Waals surface area contributed by atoms with E-state index in [0.29, 0.717) is 11.9 Å². The predicted octanol–water partition coefficient (Wildman–Crippen LogP) is 1.85. The highest BCUT2D eigenvalue weighted by atomic mass is 79.9. The van der Waals surface area contributed by atoms with E-state index in [9.17, 15) is 0 Å². The summed E-state index contributed by atoms with van der Waals surface area (Å²) in [7, 11) is 1.62. The SMILES string of the molecule is COc1cc(N(CCBr)C2CC2)ncn1. The van der Waals surface area contributed by atoms with Crippen LogP contribution in [0.3, 0.4) is 0 Å². The number of hydrogen-bond acceptors (Lipinski definition) is 4. The molecular formula is C10H14BrN3O. The van der Waals surface area contributed by atoms with Gasteiger partial charge in [-0.2, -0.15) is 0 Å². The summed E-state index contributed by atoms with van der Waals surface area (Å²) in [6.45, 7) is 0.977. The van der Waals surface area contributed by atoms with Crippen molar-refractivity contribution in [2.45, 2.75) is 18.9 Å². The summed E-state index contributed by atoms with van der Waals surface area (Å²) in [5.74, 6) is 1.59. The summed E-state index contributed by atoms with van der Waals surface area (Å²) >= 11 is 3.46. The van der Waals surface area contributed by atoms with Crippen molar-refractivity contribution >= 4 is 21.7 Å². The van der Waals surface area contributed by atoms with Crippen LogP contribution in [0, 0.1) is 0 Å². The van der Waals surface area contributed by atoms with E-state index in [-0.39, 0.29) is 0 Å². The van der Waals surface area contributed by atoms with Crippen molar-refractivity contribution in [2.75, 3.05) is 23.9 Å². The van der Waals surface area contributed by atoms with Gasteiger partial charge in [-0.1, -0.05) is 15.9 Å². The van der Waals surface area contributed by atoms with Crippen molar-refractivity contribution in [3.8, 4) is 5.88 Å². The molecule has 0 N–H and O–H groups in total. The maximum atomic E-state index is 5.09. The molecule has 82 valence electrons. The second-order valence-electron chi connectivity index (χ2n) is 3.53. The summed E-state index contributed by atoms with van der Waals surface area (Å²) in [4.78, 5) is 10.6. The minimum Gasteiger partial charge on any atom is -0.481 e. The van der Waals surface area contributed by atoms with E-state index < -0.39 is 0 Å². The molecular weight excluding hydrogens is 258 g/mol. The minimum absolute atomic E-state index is 0.625. The van der Waals surface area contributed by atoms with Gasteiger partial charge in [-0.3, -0.25) is 0 Å². The van der Waals surface area contributed by atoms with Crippen LogP contribution in [0.25, 0.3) is 0 Å². The number of alkyl halides is 1. The highest BCUT2D eigenvalue weighted by Crippen LogP contribution is 2.31. The molecule has 0 saturated heterocycles. The normalized spacial score (nSPS) is 15.1. The standard InChI is InChI=1S/C10H14BrN3O/c1-15-10-6-9(12-7-13-10)14(5-4-11)8-2-3-8/h6-8H,2-5H2,1H3. The van der Waals surface area contributed by atoms with Crippen molar-refractivity contribution in [3.05, 3.63) is 12.4 Å². The number of nitrogens with zero attached hydrogens (tertiary/aromatic N) is 3. The zero-order chi connectivity index (χ0) is 10.7. The summed E-state index contributed by atoms with van der Waals surface area (Å²) in [5.41, 5.74) is 0. The number of ether oxygens (including phenoxy) is 1. The molecule has 2 rings (SSSR count). The Morgan fingerprint density at radius 2 is 2.33 bits per heavy atom. The van der Waals surface area contributed by atoms with Gasteiger partial charge in [0.05, 0.1) is 7.11 Å². The molecule has 5 heteroatoms. The summed E-state index contributed by atoms with van der Waals surface area (Å²) < 4.78 is 5.09. The van der Waals surface area contributed by atoms with Gasteiger partial charge < -0.3 is 9.64 Å². The van der Waals surface area contributed by atoms with Gasteiger partial charge in [0.2, 0.25) is 5.88 Å². The summed E-state index contributed by atoms with van der Waals surface area (Å²) in [6.07, 6.45) is 4.08. The monoisotopic (exact) mass is 271 g/mol. The van der Waals surface area contributed by atoms with Gasteiger partial charge >= 0.3 is 0 Å². The molecule has 1 aromatic heterocycles. The molecule has 4 nitrogen and oxygen atoms in total. The van der Waals surface area contributed by atoms with Gasteiger partial charge in [0.25, 0.3) is 0 Å². The van der Waals surface area contributed by atoms with E-state index in [0.717, 1.165) is 17.7 Å². The quantitative estimate of drug-likeness (QED) is 0.767. The molecule has 0 amide bonds. The Balaban J connectivity index is 2.16. The third kappa shape index (κ3) is 2.59. The Hall–Kier alpha value is -0.840. The highest BCUT2D eigenvalue weighted by molar-refractivity contribution is 9.09. The number of anilines is 1. The average molecular weight is 272 g/mol. The van der Waals surface area contributed by atoms with Crippen LogP contribution in [0.5, 0.6) is 5.88 Å². The van der Waals surface area contributed by atoms with Crippen LogP contribution in [0.1, 0.15) is 12.8 Å². The fourth-order valence-corrected chi connectivity index (χ4v) is 1.94. The first-order valence-electron chi connectivity index (χ1n) is 5.04. The molecule has 0 unspecified atom stereocenters. The second-order valence-corrected chi connectivity index (χ2v) is 4.33. The lowest BCUT2D eigenvalue weighted by Gasteiger charge is -2.22. The third-order valence-corrected chi connectivity index (χ3v) is 2.80. The second kappa shape index (κ2) is 4.79. The van der Waals surface area contributed by atoms with Crippen LogP contribution in [0.2, 0.25) is 0 Å². The summed E-state index contributed by atoms with van der Waals surface area (Å²) in [6, 6.07) is 2.54. The van der Waals surface area contributed by atoms with Gasteiger partial charge in [-0.05, 0) is 12.8 Å². The van der Waals surface area contributed by atoms with Gasteiger partial charge in [0.15, 0.2) is 0 Å². The zero-order valence-electron chi connectivity index (χ0n) is 8.69. The topological polar surface area (TPSA) is 38.2 Å². The van der Waals surface area contributed by atoms with Gasteiger partial charge in [0.1, 0.15) is 12.1 Å². The van der Waals surface area contributed by atoms with Crippen LogP contribution in [-0.2, 0) is 0 Å². The number of rotatable bonds is 5. The molecule has 0 spiro atoms. The molecule has 15 heavy (non-hydrogen) atoms. The Labute approximate surface area is 97.8 Å². The van der Waals surface area contributed by atoms with Crippen LogP contribution in [-0.4, -0.2) is 35.0 Å². The van der Waals surface area contributed by atoms with E-state index in [4.69, 9.17) is 4.74 Å². The van der Waals surface area contributed by atoms with E-state index >= 15 is 0 Å². The molecule has 0 bridgehead atoms. The summed E-state index contributed by atoms with van der Waals surface area (Å²) in [5, 5.41) is 0.954. The number of hydrogen-bond donors (Lipinski definition) is 0. The molecule has 0 aliphatic heterocycles. The van der Waals surface area contributed by atoms with Crippen molar-refractivity contribution in [1.82, 2.24) is 9.97 Å². The molecule has 0 radical (unpaired) electrons. The lowest BCUT2D eigenvalue weighted by molar-refractivity contribution is 0.396. The Bertz CT molecular complexity index is 330. The molecule has 1 aliphatic rings. The van der Waals surface area contributed by atoms with Crippen LogP contribution in [0.4, 0.5) is 5.82 Å². The number of halogens is 1. The molecule has 1 saturated carbocycles. The lowest BCUT2D eigenvalue weighted by atomic mass is 10.4. The lowest BCUT2D eigenvalue weighted by Crippen LogP contribution is -2.28. The molecule has 1 heterocycles. The van der Waals surface area contributed by atoms with Crippen molar-refractivity contribution in [3.63, 3.8) is 0 Å². The van der Waals surface area contributed by atoms with E-state index in [1.54, 1.807) is 13.4 Å². The fourth-order valence-electron chi connectivity index (χ4n) is 1.56. The van der Waals surface area contributed by atoms with Crippen molar-refractivity contribution in [2.24, 2.45) is 0 Å². The predicted molar refractivity (Wildman–Crippen MR) is 62.7 cm³/mol. The first-order chi connectivity index (χ1) is 7.35. The maximum Gasteiger partial charge on any atom is 0.218 e. The Kier molecular flexibility index (Phi) is 3.41. The van der Waals surface area contributed by atoms with Crippen LogP contribution in [0.15, 0.2) is 12.4 Å². The maximum absolute atomic E-state index is 5.09. The van der Waals surface area contributed by atoms with Gasteiger partial charge in [0, 0.05) is 24.0 Å². The molecule has 1 fully saturated rings. The van der Waals surface area contributed by atoms with E-state index in [2.05, 4.69) is 30.8 Å². The van der Waals surface area contributed by atoms with Crippen LogP contribution < -0.4 is 9.64 Å². The van der Waals surface area contributed by atoms with E-state index in [1.165, 1.54) is 12.8 Å². The first kappa shape index (κ1) is 10.7. The number of aromatic nitrogens is 2. The first-order valence-corrected chi connectivity index (χ1v) is 6.16.